The van der Waals surface area contributed by atoms with Crippen molar-refractivity contribution in [3.63, 3.8) is 0 Å². The van der Waals surface area contributed by atoms with Crippen molar-refractivity contribution in [2.45, 2.75) is 29.2 Å². The molecule has 0 aliphatic heterocycles. The minimum Gasteiger partial charge on any atom is -0.383 e. The van der Waals surface area contributed by atoms with E-state index in [0.29, 0.717) is 6.54 Å². The lowest BCUT2D eigenvalue weighted by Gasteiger charge is -2.23. The van der Waals surface area contributed by atoms with Gasteiger partial charge >= 0.3 is 5.76 Å². The fourth-order valence-corrected chi connectivity index (χ4v) is 2.46. The first-order valence-corrected chi connectivity index (χ1v) is 8.38. The summed E-state index contributed by atoms with van der Waals surface area (Å²) >= 11 is 1.61. The first-order chi connectivity index (χ1) is 8.70. The standard InChI is InChI=1S/C12H17F2NO2S2/c1-12(2,18-3)8-15-9-6-4-5-7-10(9)19(16,17)11(13)14/h4-7,11,15H,8H2,1-3H3. The van der Waals surface area contributed by atoms with Crippen LogP contribution in [0.15, 0.2) is 29.2 Å². The van der Waals surface area contributed by atoms with Crippen LogP contribution in [0.25, 0.3) is 0 Å². The molecule has 0 saturated heterocycles. The molecule has 0 saturated carbocycles. The molecule has 1 N–H and O–H groups in total. The Kier molecular flexibility index (Phi) is 5.20. The van der Waals surface area contributed by atoms with Crippen molar-refractivity contribution in [3.8, 4) is 0 Å². The number of hydrogen-bond acceptors (Lipinski definition) is 4. The maximum Gasteiger partial charge on any atom is 0.341 e. The van der Waals surface area contributed by atoms with Gasteiger partial charge in [-0.05, 0) is 32.2 Å². The second-order valence-electron chi connectivity index (χ2n) is 4.62. The van der Waals surface area contributed by atoms with Gasteiger partial charge in [0.25, 0.3) is 0 Å². The number of hydrogen-bond donors (Lipinski definition) is 1. The van der Waals surface area contributed by atoms with E-state index < -0.39 is 15.6 Å². The summed E-state index contributed by atoms with van der Waals surface area (Å²) in [5, 5.41) is 2.93. The lowest BCUT2D eigenvalue weighted by molar-refractivity contribution is 0.235. The van der Waals surface area contributed by atoms with Crippen LogP contribution in [-0.4, -0.2) is 31.7 Å². The highest BCUT2D eigenvalue weighted by atomic mass is 32.2. The van der Waals surface area contributed by atoms with Crippen molar-refractivity contribution in [2.75, 3.05) is 18.1 Å². The van der Waals surface area contributed by atoms with Crippen LogP contribution >= 0.6 is 11.8 Å². The van der Waals surface area contributed by atoms with Crippen molar-refractivity contribution in [1.82, 2.24) is 0 Å². The zero-order chi connectivity index (χ0) is 14.7. The van der Waals surface area contributed by atoms with Crippen molar-refractivity contribution in [2.24, 2.45) is 0 Å². The number of benzene rings is 1. The third-order valence-corrected chi connectivity index (χ3v) is 5.37. The lowest BCUT2D eigenvalue weighted by atomic mass is 10.2. The molecule has 0 unspecified atom stereocenters. The number of thioether (sulfide) groups is 1. The Morgan fingerprint density at radius 2 is 1.89 bits per heavy atom. The van der Waals surface area contributed by atoms with E-state index in [0.717, 1.165) is 0 Å². The molecule has 19 heavy (non-hydrogen) atoms. The molecule has 3 nitrogen and oxygen atoms in total. The van der Waals surface area contributed by atoms with Gasteiger partial charge in [0.05, 0.1) is 10.6 Å². The molecule has 0 radical (unpaired) electrons. The molecule has 0 bridgehead atoms. The summed E-state index contributed by atoms with van der Waals surface area (Å²) in [5.41, 5.74) is 0.213. The SMILES string of the molecule is CSC(C)(C)CNc1ccccc1S(=O)(=O)C(F)F. The van der Waals surface area contributed by atoms with Gasteiger partial charge in [-0.2, -0.15) is 20.5 Å². The first-order valence-electron chi connectivity index (χ1n) is 5.61. The van der Waals surface area contributed by atoms with Crippen molar-refractivity contribution < 1.29 is 17.2 Å². The first kappa shape index (κ1) is 16.2. The van der Waals surface area contributed by atoms with Crippen LogP contribution in [0.2, 0.25) is 0 Å². The van der Waals surface area contributed by atoms with Crippen LogP contribution in [0.4, 0.5) is 14.5 Å². The number of alkyl halides is 2. The highest BCUT2D eigenvalue weighted by molar-refractivity contribution is 8.00. The summed E-state index contributed by atoms with van der Waals surface area (Å²) in [6, 6.07) is 5.72. The van der Waals surface area contributed by atoms with Gasteiger partial charge in [-0.3, -0.25) is 0 Å². The van der Waals surface area contributed by atoms with E-state index in [1.165, 1.54) is 18.2 Å². The molecule has 0 aromatic heterocycles. The summed E-state index contributed by atoms with van der Waals surface area (Å²) < 4.78 is 48.2. The number of rotatable bonds is 6. The lowest BCUT2D eigenvalue weighted by Crippen LogP contribution is -2.26. The Morgan fingerprint density at radius 3 is 2.42 bits per heavy atom. The summed E-state index contributed by atoms with van der Waals surface area (Å²) in [7, 11) is -4.58. The predicted octanol–water partition coefficient (Wildman–Crippen LogP) is 3.24. The van der Waals surface area contributed by atoms with E-state index in [2.05, 4.69) is 5.32 Å². The van der Waals surface area contributed by atoms with E-state index in [4.69, 9.17) is 0 Å². The summed E-state index contributed by atoms with van der Waals surface area (Å²) in [4.78, 5) is -0.359. The number of halogens is 2. The van der Waals surface area contributed by atoms with Crippen LogP contribution in [0.1, 0.15) is 13.8 Å². The molecular formula is C12H17F2NO2S2. The van der Waals surface area contributed by atoms with Crippen LogP contribution in [-0.2, 0) is 9.84 Å². The quantitative estimate of drug-likeness (QED) is 0.876. The Balaban J connectivity index is 3.05. The molecule has 0 fully saturated rings. The molecule has 0 atom stereocenters. The van der Waals surface area contributed by atoms with Gasteiger partial charge in [0.1, 0.15) is 0 Å². The average Bonchev–Trinajstić information content (AvgIpc) is 2.36. The minimum absolute atomic E-state index is 0.123. The van der Waals surface area contributed by atoms with Crippen molar-refractivity contribution in [1.29, 1.82) is 0 Å². The third kappa shape index (κ3) is 4.07. The molecular weight excluding hydrogens is 292 g/mol. The second kappa shape index (κ2) is 6.09. The second-order valence-corrected chi connectivity index (χ2v) is 8.02. The van der Waals surface area contributed by atoms with Crippen LogP contribution in [0.3, 0.4) is 0 Å². The van der Waals surface area contributed by atoms with Gasteiger partial charge in [-0.25, -0.2) is 8.42 Å². The third-order valence-electron chi connectivity index (χ3n) is 2.69. The molecule has 1 aromatic carbocycles. The maximum atomic E-state index is 12.6. The predicted molar refractivity (Wildman–Crippen MR) is 75.7 cm³/mol. The monoisotopic (exact) mass is 309 g/mol. The van der Waals surface area contributed by atoms with Gasteiger partial charge < -0.3 is 5.32 Å². The number of sulfone groups is 1. The van der Waals surface area contributed by atoms with Gasteiger partial charge in [-0.1, -0.05) is 12.1 Å². The van der Waals surface area contributed by atoms with Crippen molar-refractivity contribution >= 4 is 27.3 Å². The van der Waals surface area contributed by atoms with E-state index in [1.807, 2.05) is 20.1 Å². The fourth-order valence-electron chi connectivity index (χ4n) is 1.34. The Bertz CT molecular complexity index is 530. The highest BCUT2D eigenvalue weighted by Gasteiger charge is 2.29. The van der Waals surface area contributed by atoms with Crippen LogP contribution < -0.4 is 5.32 Å². The molecule has 0 aliphatic rings. The number of anilines is 1. The minimum atomic E-state index is -4.58. The van der Waals surface area contributed by atoms with Gasteiger partial charge in [0.2, 0.25) is 9.84 Å². The zero-order valence-electron chi connectivity index (χ0n) is 11.0. The average molecular weight is 309 g/mol. The molecule has 108 valence electrons. The molecule has 7 heteroatoms. The molecule has 1 aromatic rings. The summed E-state index contributed by atoms with van der Waals surface area (Å²) in [6.45, 7) is 4.44. The summed E-state index contributed by atoms with van der Waals surface area (Å²) in [5.74, 6) is -3.41. The normalized spacial score (nSPS) is 12.7. The van der Waals surface area contributed by atoms with Crippen molar-refractivity contribution in [3.05, 3.63) is 24.3 Å². The highest BCUT2D eigenvalue weighted by Crippen LogP contribution is 2.28. The number of nitrogens with one attached hydrogen (secondary N) is 1. The Hall–Kier alpha value is -0.820. The largest absolute Gasteiger partial charge is 0.383 e. The molecule has 1 rings (SSSR count). The van der Waals surface area contributed by atoms with Gasteiger partial charge in [0, 0.05) is 11.3 Å². The Morgan fingerprint density at radius 1 is 1.32 bits per heavy atom. The number of para-hydroxylation sites is 1. The smallest absolute Gasteiger partial charge is 0.341 e. The van der Waals surface area contributed by atoms with Crippen LogP contribution in [0.5, 0.6) is 0 Å². The molecule has 0 aliphatic carbocycles. The zero-order valence-corrected chi connectivity index (χ0v) is 12.6. The van der Waals surface area contributed by atoms with E-state index >= 15 is 0 Å². The molecule has 0 heterocycles. The van der Waals surface area contributed by atoms with Gasteiger partial charge in [0.15, 0.2) is 0 Å². The molecule has 0 amide bonds. The van der Waals surface area contributed by atoms with E-state index in [9.17, 15) is 17.2 Å². The topological polar surface area (TPSA) is 46.2 Å². The molecule has 0 spiro atoms. The fraction of sp³-hybridized carbons (Fsp3) is 0.500. The Labute approximate surface area is 116 Å². The van der Waals surface area contributed by atoms with E-state index in [1.54, 1.807) is 17.8 Å². The van der Waals surface area contributed by atoms with Crippen LogP contribution in [0, 0.1) is 0 Å². The van der Waals surface area contributed by atoms with E-state index in [-0.39, 0.29) is 15.3 Å². The summed E-state index contributed by atoms with van der Waals surface area (Å²) in [6.07, 6.45) is 1.93. The van der Waals surface area contributed by atoms with Gasteiger partial charge in [-0.15, -0.1) is 0 Å². The maximum absolute atomic E-state index is 12.6.